The Morgan fingerprint density at radius 2 is 1.83 bits per heavy atom. The number of benzene rings is 1. The van der Waals surface area contributed by atoms with E-state index in [1.54, 1.807) is 12.1 Å². The van der Waals surface area contributed by atoms with Crippen LogP contribution in [-0.4, -0.2) is 46.6 Å². The zero-order valence-electron chi connectivity index (χ0n) is 7.15. The van der Waals surface area contributed by atoms with E-state index in [0.717, 1.165) is 27.9 Å². The Morgan fingerprint density at radius 1 is 1.42 bits per heavy atom. The molecule has 0 heterocycles. The van der Waals surface area contributed by atoms with Crippen molar-refractivity contribution in [1.82, 2.24) is 0 Å². The van der Waals surface area contributed by atoms with Crippen LogP contribution in [0.25, 0.3) is 0 Å². The molecule has 0 radical (unpaired) electrons. The molecule has 60 valence electrons. The van der Waals surface area contributed by atoms with E-state index in [1.165, 1.54) is 9.92 Å². The van der Waals surface area contributed by atoms with Crippen LogP contribution in [0.2, 0.25) is 0 Å². The third-order valence-electron chi connectivity index (χ3n) is 1.13. The second kappa shape index (κ2) is 7.16. The van der Waals surface area contributed by atoms with E-state index in [9.17, 15) is 0 Å². The summed E-state index contributed by atoms with van der Waals surface area (Å²) >= 11 is 1.06. The Kier molecular flexibility index (Phi) is 6.85. The van der Waals surface area contributed by atoms with Crippen LogP contribution in [0.4, 0.5) is 0 Å². The Balaban J connectivity index is 0.000000261. The molecular formula is C8H9NaO3. The molecule has 0 spiro atoms. The van der Waals surface area contributed by atoms with Gasteiger partial charge in [0.05, 0.1) is 7.11 Å². The average molecular weight is 176 g/mol. The number of methoxy groups -OCH3 is 1. The standard InChI is InChI=1S/C6H5O.C2H4O2.Na/c7-6-4-2-1-3-5-6;1-4-2-3;/h2-5,7H;2H,1H3;. The number of phenols is 1. The van der Waals surface area contributed by atoms with Gasteiger partial charge in [-0.15, -0.1) is 0 Å². The zero-order valence-corrected chi connectivity index (χ0v) is 9.15. The molecular weight excluding hydrogens is 167 g/mol. The van der Waals surface area contributed by atoms with Gasteiger partial charge in [0.1, 0.15) is 0 Å². The van der Waals surface area contributed by atoms with Crippen molar-refractivity contribution in [3.8, 4) is 5.75 Å². The summed E-state index contributed by atoms with van der Waals surface area (Å²) in [4.78, 5) is 8.95. The molecule has 0 unspecified atom stereocenters. The van der Waals surface area contributed by atoms with Crippen molar-refractivity contribution < 1.29 is 14.6 Å². The number of phenolic OH excluding ortho intramolecular Hbond substituents is 1. The SMILES string of the molecule is COC=O.Oc1cc[c]([Na])cc1. The van der Waals surface area contributed by atoms with E-state index < -0.39 is 0 Å². The first-order valence-electron chi connectivity index (χ1n) is 3.42. The molecule has 0 aliphatic rings. The maximum atomic E-state index is 8.95. The molecule has 0 atom stereocenters. The zero-order chi connectivity index (χ0) is 9.40. The normalized spacial score (nSPS) is 7.92. The first kappa shape index (κ1) is 11.5. The molecule has 0 aliphatic carbocycles. The van der Waals surface area contributed by atoms with Crippen molar-refractivity contribution in [3.05, 3.63) is 24.3 Å². The molecule has 0 bridgehead atoms. The second-order valence-electron chi connectivity index (χ2n) is 2.17. The summed E-state index contributed by atoms with van der Waals surface area (Å²) in [6, 6.07) is 7.29. The third kappa shape index (κ3) is 6.22. The number of aromatic hydroxyl groups is 1. The van der Waals surface area contributed by atoms with Gasteiger partial charge in [-0.05, 0) is 0 Å². The van der Waals surface area contributed by atoms with Crippen LogP contribution in [0, 0.1) is 0 Å². The van der Waals surface area contributed by atoms with Crippen molar-refractivity contribution in [2.75, 3.05) is 7.11 Å². The van der Waals surface area contributed by atoms with Crippen molar-refractivity contribution >= 4 is 37.2 Å². The number of hydrogen-bond donors (Lipinski definition) is 1. The fraction of sp³-hybridized carbons (Fsp3) is 0.125. The number of rotatable bonds is 1. The molecule has 0 aliphatic heterocycles. The van der Waals surface area contributed by atoms with E-state index in [-0.39, 0.29) is 0 Å². The van der Waals surface area contributed by atoms with Gasteiger partial charge < -0.3 is 4.74 Å². The van der Waals surface area contributed by atoms with Crippen LogP contribution >= 0.6 is 0 Å². The topological polar surface area (TPSA) is 46.5 Å². The Bertz CT molecular complexity index is 199. The van der Waals surface area contributed by atoms with E-state index in [0.29, 0.717) is 12.2 Å². The van der Waals surface area contributed by atoms with Gasteiger partial charge in [-0.1, -0.05) is 0 Å². The van der Waals surface area contributed by atoms with E-state index in [4.69, 9.17) is 9.90 Å². The van der Waals surface area contributed by atoms with Crippen LogP contribution < -0.4 is 2.81 Å². The number of carbonyl (C=O) groups excluding carboxylic acids is 1. The van der Waals surface area contributed by atoms with E-state index in [2.05, 4.69) is 4.74 Å². The Morgan fingerprint density at radius 3 is 2.08 bits per heavy atom. The van der Waals surface area contributed by atoms with E-state index in [1.807, 2.05) is 12.1 Å². The van der Waals surface area contributed by atoms with Crippen LogP contribution in [0.15, 0.2) is 24.3 Å². The molecule has 0 aromatic heterocycles. The molecule has 1 N–H and O–H groups in total. The number of carbonyl (C=O) groups is 1. The van der Waals surface area contributed by atoms with Gasteiger partial charge in [-0.2, -0.15) is 0 Å². The first-order valence-corrected chi connectivity index (χ1v) is 4.42. The molecule has 0 amide bonds. The van der Waals surface area contributed by atoms with Crippen molar-refractivity contribution in [2.24, 2.45) is 0 Å². The minimum atomic E-state index is 0.351. The third-order valence-corrected chi connectivity index (χ3v) is 1.80. The molecule has 0 saturated carbocycles. The predicted molar refractivity (Wildman–Crippen MR) is 46.6 cm³/mol. The van der Waals surface area contributed by atoms with Crippen LogP contribution in [0.5, 0.6) is 5.75 Å². The number of ether oxygens (including phenoxy) is 1. The molecule has 1 aromatic carbocycles. The average Bonchev–Trinajstić information content (AvgIpc) is 2.11. The fourth-order valence-corrected chi connectivity index (χ4v) is 0.878. The summed E-state index contributed by atoms with van der Waals surface area (Å²) in [6.45, 7) is 0.375. The quantitative estimate of drug-likeness (QED) is 0.483. The summed E-state index contributed by atoms with van der Waals surface area (Å²) in [5, 5.41) is 8.77. The van der Waals surface area contributed by atoms with Gasteiger partial charge in [-0.25, -0.2) is 0 Å². The summed E-state index contributed by atoms with van der Waals surface area (Å²) < 4.78 is 5.17. The van der Waals surface area contributed by atoms with Crippen molar-refractivity contribution in [3.63, 3.8) is 0 Å². The van der Waals surface area contributed by atoms with Gasteiger partial charge in [0.2, 0.25) is 0 Å². The Labute approximate surface area is 88.8 Å². The van der Waals surface area contributed by atoms with E-state index >= 15 is 0 Å². The van der Waals surface area contributed by atoms with Crippen LogP contribution in [-0.2, 0) is 9.53 Å². The second-order valence-corrected chi connectivity index (χ2v) is 3.32. The van der Waals surface area contributed by atoms with Gasteiger partial charge in [0, 0.05) is 0 Å². The van der Waals surface area contributed by atoms with Gasteiger partial charge in [0.15, 0.2) is 0 Å². The summed E-state index contributed by atoms with van der Waals surface area (Å²) in [5.41, 5.74) is 0. The Hall–Kier alpha value is -0.510. The van der Waals surface area contributed by atoms with Gasteiger partial charge in [0.25, 0.3) is 6.47 Å². The maximum absolute atomic E-state index is 8.95. The molecule has 0 fully saturated rings. The molecule has 1 rings (SSSR count). The number of hydrogen-bond acceptors (Lipinski definition) is 3. The van der Waals surface area contributed by atoms with Crippen LogP contribution in [0.1, 0.15) is 0 Å². The van der Waals surface area contributed by atoms with Gasteiger partial charge >= 0.3 is 65.9 Å². The summed E-state index contributed by atoms with van der Waals surface area (Å²) in [7, 11) is 1.31. The molecule has 1 aromatic rings. The molecule has 0 saturated heterocycles. The predicted octanol–water partition coefficient (Wildman–Crippen LogP) is -0.0248. The molecule has 4 heteroatoms. The van der Waals surface area contributed by atoms with Gasteiger partial charge in [-0.3, -0.25) is 4.79 Å². The molecule has 12 heavy (non-hydrogen) atoms. The summed E-state index contributed by atoms with van der Waals surface area (Å²) in [6.07, 6.45) is 0. The first-order chi connectivity index (χ1) is 5.70. The summed E-state index contributed by atoms with van der Waals surface area (Å²) in [5.74, 6) is 0.351. The van der Waals surface area contributed by atoms with Crippen molar-refractivity contribution in [2.45, 2.75) is 0 Å². The molecule has 3 nitrogen and oxygen atoms in total. The fourth-order valence-electron chi connectivity index (χ4n) is 0.545. The van der Waals surface area contributed by atoms with Crippen molar-refractivity contribution in [1.29, 1.82) is 0 Å². The van der Waals surface area contributed by atoms with Crippen LogP contribution in [0.3, 0.4) is 0 Å². The monoisotopic (exact) mass is 176 g/mol. The minimum absolute atomic E-state index is 0.351.